The molecular weight excluding hydrogens is 407 g/mol. The number of rotatable bonds is 9. The summed E-state index contributed by atoms with van der Waals surface area (Å²) in [5.41, 5.74) is 1.94. The van der Waals surface area contributed by atoms with Gasteiger partial charge in [0.1, 0.15) is 18.1 Å². The Labute approximate surface area is 179 Å². The Kier molecular flexibility index (Phi) is 12.5. The maximum absolute atomic E-state index is 9.93. The summed E-state index contributed by atoms with van der Waals surface area (Å²) in [6.07, 6.45) is 0. The second-order valence-electron chi connectivity index (χ2n) is 6.30. The third-order valence-electron chi connectivity index (χ3n) is 4.05. The Balaban J connectivity index is 0.00000338. The SMILES string of the molecule is CCN(CCOc1cccc(Cl)c1CN(C)C)Cc1ccccc1O.Cl.Cl. The normalized spacial score (nSPS) is 10.4. The zero-order valence-corrected chi connectivity index (χ0v) is 18.4. The van der Waals surface area contributed by atoms with Crippen molar-refractivity contribution >= 4 is 36.4 Å². The Morgan fingerprint density at radius 3 is 2.33 bits per heavy atom. The van der Waals surface area contributed by atoms with Gasteiger partial charge in [-0.3, -0.25) is 4.90 Å². The molecule has 0 atom stereocenters. The van der Waals surface area contributed by atoms with Crippen molar-refractivity contribution in [3.8, 4) is 11.5 Å². The van der Waals surface area contributed by atoms with Gasteiger partial charge in [-0.25, -0.2) is 0 Å². The largest absolute Gasteiger partial charge is 0.508 e. The molecule has 2 rings (SSSR count). The summed E-state index contributed by atoms with van der Waals surface area (Å²) in [5.74, 6) is 1.17. The molecule has 152 valence electrons. The highest BCUT2D eigenvalue weighted by atomic mass is 35.5. The van der Waals surface area contributed by atoms with Crippen molar-refractivity contribution in [3.05, 3.63) is 58.6 Å². The monoisotopic (exact) mass is 434 g/mol. The van der Waals surface area contributed by atoms with E-state index in [0.717, 1.165) is 41.5 Å². The Morgan fingerprint density at radius 2 is 1.70 bits per heavy atom. The van der Waals surface area contributed by atoms with Crippen LogP contribution in [0.25, 0.3) is 0 Å². The van der Waals surface area contributed by atoms with Crippen LogP contribution in [0.15, 0.2) is 42.5 Å². The number of benzene rings is 2. The molecule has 0 bridgehead atoms. The molecule has 0 radical (unpaired) electrons. The van der Waals surface area contributed by atoms with Crippen LogP contribution in [0.4, 0.5) is 0 Å². The minimum Gasteiger partial charge on any atom is -0.508 e. The highest BCUT2D eigenvalue weighted by Gasteiger charge is 2.11. The molecule has 0 aliphatic rings. The highest BCUT2D eigenvalue weighted by Crippen LogP contribution is 2.27. The number of hydrogen-bond acceptors (Lipinski definition) is 4. The smallest absolute Gasteiger partial charge is 0.125 e. The molecule has 0 heterocycles. The number of nitrogens with zero attached hydrogens (tertiary/aromatic N) is 2. The van der Waals surface area contributed by atoms with Gasteiger partial charge in [-0.05, 0) is 38.8 Å². The van der Waals surface area contributed by atoms with E-state index in [1.165, 1.54) is 0 Å². The molecule has 1 N–H and O–H groups in total. The van der Waals surface area contributed by atoms with Crippen LogP contribution >= 0.6 is 36.4 Å². The lowest BCUT2D eigenvalue weighted by Crippen LogP contribution is -2.28. The average molecular weight is 436 g/mol. The van der Waals surface area contributed by atoms with Crippen LogP contribution in [0.1, 0.15) is 18.1 Å². The summed E-state index contributed by atoms with van der Waals surface area (Å²) in [5, 5.41) is 10.7. The lowest BCUT2D eigenvalue weighted by molar-refractivity contribution is 0.206. The number of halogens is 3. The predicted molar refractivity (Wildman–Crippen MR) is 118 cm³/mol. The quantitative estimate of drug-likeness (QED) is 0.610. The molecule has 0 unspecified atom stereocenters. The number of phenolic OH excluding ortho intramolecular Hbond substituents is 1. The zero-order chi connectivity index (χ0) is 18.2. The zero-order valence-electron chi connectivity index (χ0n) is 16.0. The Hall–Kier alpha value is -1.17. The summed E-state index contributed by atoms with van der Waals surface area (Å²) in [6, 6.07) is 13.2. The predicted octanol–water partition coefficient (Wildman–Crippen LogP) is 4.85. The minimum absolute atomic E-state index is 0. The number of hydrogen-bond donors (Lipinski definition) is 1. The first-order valence-electron chi connectivity index (χ1n) is 8.55. The van der Waals surface area contributed by atoms with Crippen LogP contribution in [0.5, 0.6) is 11.5 Å². The molecule has 27 heavy (non-hydrogen) atoms. The average Bonchev–Trinajstić information content (AvgIpc) is 2.58. The van der Waals surface area contributed by atoms with Crippen molar-refractivity contribution in [3.63, 3.8) is 0 Å². The van der Waals surface area contributed by atoms with Gasteiger partial charge in [-0.2, -0.15) is 0 Å². The molecule has 4 nitrogen and oxygen atoms in total. The standard InChI is InChI=1S/C20H27ClN2O2.2ClH/c1-4-23(14-16-8-5-6-10-19(16)24)12-13-25-20-11-7-9-18(21)17(20)15-22(2)3;;/h5-11,24H,4,12-15H2,1-3H3;2*1H. The third kappa shape index (κ3) is 8.16. The molecule has 7 heteroatoms. The molecule has 0 fully saturated rings. The van der Waals surface area contributed by atoms with Gasteiger partial charge < -0.3 is 14.7 Å². The summed E-state index contributed by atoms with van der Waals surface area (Å²) < 4.78 is 6.00. The van der Waals surface area contributed by atoms with Gasteiger partial charge in [-0.15, -0.1) is 24.8 Å². The molecule has 0 spiro atoms. The number of likely N-dealkylation sites (N-methyl/N-ethyl adjacent to an activating group) is 1. The third-order valence-corrected chi connectivity index (χ3v) is 4.40. The molecule has 0 aliphatic carbocycles. The second-order valence-corrected chi connectivity index (χ2v) is 6.71. The Morgan fingerprint density at radius 1 is 1.00 bits per heavy atom. The maximum atomic E-state index is 9.93. The molecule has 0 aromatic heterocycles. The first-order valence-corrected chi connectivity index (χ1v) is 8.93. The van der Waals surface area contributed by atoms with Gasteiger partial charge in [0.15, 0.2) is 0 Å². The van der Waals surface area contributed by atoms with Crippen LogP contribution in [-0.2, 0) is 13.1 Å². The van der Waals surface area contributed by atoms with Crippen molar-refractivity contribution in [2.75, 3.05) is 33.8 Å². The maximum Gasteiger partial charge on any atom is 0.125 e. The molecule has 2 aromatic rings. The van der Waals surface area contributed by atoms with E-state index >= 15 is 0 Å². The van der Waals surface area contributed by atoms with E-state index in [4.69, 9.17) is 16.3 Å². The van der Waals surface area contributed by atoms with Crippen molar-refractivity contribution in [1.82, 2.24) is 9.80 Å². The lowest BCUT2D eigenvalue weighted by Gasteiger charge is -2.22. The van der Waals surface area contributed by atoms with Crippen molar-refractivity contribution in [2.24, 2.45) is 0 Å². The fraction of sp³-hybridized carbons (Fsp3) is 0.400. The van der Waals surface area contributed by atoms with E-state index in [2.05, 4.69) is 16.7 Å². The van der Waals surface area contributed by atoms with E-state index in [9.17, 15) is 5.11 Å². The topological polar surface area (TPSA) is 35.9 Å². The first kappa shape index (κ1) is 25.8. The fourth-order valence-electron chi connectivity index (χ4n) is 2.66. The van der Waals surface area contributed by atoms with Crippen molar-refractivity contribution in [1.29, 1.82) is 0 Å². The summed E-state index contributed by atoms with van der Waals surface area (Å²) in [6.45, 7) is 5.78. The number of aromatic hydroxyl groups is 1. The molecule has 2 aromatic carbocycles. The summed E-state index contributed by atoms with van der Waals surface area (Å²) in [4.78, 5) is 4.32. The van der Waals surface area contributed by atoms with E-state index in [1.54, 1.807) is 6.07 Å². The number of phenols is 1. The molecule has 0 saturated heterocycles. The number of ether oxygens (including phenoxy) is 1. The van der Waals surface area contributed by atoms with E-state index in [1.807, 2.05) is 50.5 Å². The number of para-hydroxylation sites is 1. The molecule has 0 aliphatic heterocycles. The van der Waals surface area contributed by atoms with Gasteiger partial charge in [0.05, 0.1) is 0 Å². The summed E-state index contributed by atoms with van der Waals surface area (Å²) >= 11 is 6.32. The van der Waals surface area contributed by atoms with Gasteiger partial charge in [-0.1, -0.05) is 42.8 Å². The van der Waals surface area contributed by atoms with Crippen LogP contribution < -0.4 is 4.74 Å². The van der Waals surface area contributed by atoms with E-state index in [0.29, 0.717) is 18.9 Å². The molecular formula is C20H29Cl3N2O2. The van der Waals surface area contributed by atoms with E-state index < -0.39 is 0 Å². The van der Waals surface area contributed by atoms with Crippen LogP contribution in [0, 0.1) is 0 Å². The highest BCUT2D eigenvalue weighted by molar-refractivity contribution is 6.31. The van der Waals surface area contributed by atoms with Gasteiger partial charge in [0, 0.05) is 35.8 Å². The van der Waals surface area contributed by atoms with E-state index in [-0.39, 0.29) is 24.8 Å². The van der Waals surface area contributed by atoms with Crippen LogP contribution in [0.2, 0.25) is 5.02 Å². The van der Waals surface area contributed by atoms with Crippen molar-refractivity contribution in [2.45, 2.75) is 20.0 Å². The summed E-state index contributed by atoms with van der Waals surface area (Å²) in [7, 11) is 4.02. The van der Waals surface area contributed by atoms with Gasteiger partial charge in [0.2, 0.25) is 0 Å². The molecule has 0 amide bonds. The van der Waals surface area contributed by atoms with Gasteiger partial charge in [0.25, 0.3) is 0 Å². The first-order chi connectivity index (χ1) is 12.0. The molecule has 0 saturated carbocycles. The second kappa shape index (κ2) is 13.1. The lowest BCUT2D eigenvalue weighted by atomic mass is 10.2. The van der Waals surface area contributed by atoms with Gasteiger partial charge >= 0.3 is 0 Å². The van der Waals surface area contributed by atoms with Crippen LogP contribution in [-0.4, -0.2) is 48.7 Å². The minimum atomic E-state index is 0. The Bertz CT molecular complexity index is 684. The van der Waals surface area contributed by atoms with Crippen molar-refractivity contribution < 1.29 is 9.84 Å². The van der Waals surface area contributed by atoms with Crippen LogP contribution in [0.3, 0.4) is 0 Å². The fourth-order valence-corrected chi connectivity index (χ4v) is 2.89.